The van der Waals surface area contributed by atoms with Crippen molar-refractivity contribution >= 4 is 0 Å². The van der Waals surface area contributed by atoms with Crippen molar-refractivity contribution in [3.63, 3.8) is 0 Å². The minimum absolute atomic E-state index is 0.00949. The third kappa shape index (κ3) is 2.08. The zero-order valence-electron chi connectivity index (χ0n) is 11.1. The van der Waals surface area contributed by atoms with E-state index in [2.05, 4.69) is 10.6 Å². The minimum atomic E-state index is -0.141. The van der Waals surface area contributed by atoms with Crippen molar-refractivity contribution in [2.24, 2.45) is 5.73 Å². The van der Waals surface area contributed by atoms with Crippen LogP contribution in [-0.4, -0.2) is 4.57 Å². The molecule has 3 heteroatoms. The fraction of sp³-hybridized carbons (Fsp3) is 0.375. The van der Waals surface area contributed by atoms with Crippen molar-refractivity contribution in [1.29, 1.82) is 0 Å². The van der Waals surface area contributed by atoms with Crippen LogP contribution in [0.15, 0.2) is 36.5 Å². The van der Waals surface area contributed by atoms with Gasteiger partial charge in [0.1, 0.15) is 5.82 Å². The molecule has 100 valence electrons. The lowest BCUT2D eigenvalue weighted by Crippen LogP contribution is -2.19. The summed E-state index contributed by atoms with van der Waals surface area (Å²) in [5, 5.41) is 0. The predicted octanol–water partition coefficient (Wildman–Crippen LogP) is 3.57. The summed E-state index contributed by atoms with van der Waals surface area (Å²) >= 11 is 0. The van der Waals surface area contributed by atoms with Gasteiger partial charge in [0, 0.05) is 23.5 Å². The summed E-state index contributed by atoms with van der Waals surface area (Å²) in [4.78, 5) is 0. The highest BCUT2D eigenvalue weighted by molar-refractivity contribution is 5.31. The third-order valence-corrected chi connectivity index (χ3v) is 4.16. The topological polar surface area (TPSA) is 30.9 Å². The van der Waals surface area contributed by atoms with E-state index in [0.717, 1.165) is 24.8 Å². The smallest absolute Gasteiger partial charge is 0.128 e. The maximum Gasteiger partial charge on any atom is 0.128 e. The van der Waals surface area contributed by atoms with Crippen molar-refractivity contribution in [2.75, 3.05) is 0 Å². The van der Waals surface area contributed by atoms with Crippen molar-refractivity contribution in [3.8, 4) is 0 Å². The first kappa shape index (κ1) is 12.4. The molecule has 0 bridgehead atoms. The molecule has 0 fully saturated rings. The highest BCUT2D eigenvalue weighted by atomic mass is 19.1. The van der Waals surface area contributed by atoms with Gasteiger partial charge in [0.05, 0.1) is 6.04 Å². The van der Waals surface area contributed by atoms with Crippen molar-refractivity contribution in [3.05, 3.63) is 59.2 Å². The molecule has 1 aromatic carbocycles. The summed E-state index contributed by atoms with van der Waals surface area (Å²) < 4.78 is 16.1. The monoisotopic (exact) mass is 258 g/mol. The van der Waals surface area contributed by atoms with Crippen LogP contribution < -0.4 is 5.73 Å². The molecular weight excluding hydrogens is 239 g/mol. The SMILES string of the molecule is CC(c1ccccc1F)n1ccc2c1CCCC2N. The van der Waals surface area contributed by atoms with Crippen LogP contribution in [0.25, 0.3) is 0 Å². The first-order valence-electron chi connectivity index (χ1n) is 6.88. The number of fused-ring (bicyclic) bond motifs is 1. The van der Waals surface area contributed by atoms with E-state index in [1.54, 1.807) is 6.07 Å². The van der Waals surface area contributed by atoms with Gasteiger partial charge in [0.15, 0.2) is 0 Å². The minimum Gasteiger partial charge on any atom is -0.344 e. The number of hydrogen-bond acceptors (Lipinski definition) is 1. The van der Waals surface area contributed by atoms with Gasteiger partial charge < -0.3 is 10.3 Å². The van der Waals surface area contributed by atoms with E-state index in [4.69, 9.17) is 5.73 Å². The van der Waals surface area contributed by atoms with E-state index in [0.29, 0.717) is 0 Å². The van der Waals surface area contributed by atoms with E-state index in [1.165, 1.54) is 17.3 Å². The third-order valence-electron chi connectivity index (χ3n) is 4.16. The van der Waals surface area contributed by atoms with E-state index < -0.39 is 0 Å². The Hall–Kier alpha value is -1.61. The molecule has 19 heavy (non-hydrogen) atoms. The van der Waals surface area contributed by atoms with Crippen LogP contribution in [0.4, 0.5) is 4.39 Å². The summed E-state index contributed by atoms with van der Waals surface area (Å²) in [5.74, 6) is -0.141. The average molecular weight is 258 g/mol. The van der Waals surface area contributed by atoms with E-state index in [9.17, 15) is 4.39 Å². The van der Waals surface area contributed by atoms with Gasteiger partial charge in [-0.1, -0.05) is 18.2 Å². The molecule has 2 N–H and O–H groups in total. The lowest BCUT2D eigenvalue weighted by atomic mass is 9.93. The van der Waals surface area contributed by atoms with Crippen LogP contribution >= 0.6 is 0 Å². The van der Waals surface area contributed by atoms with Crippen molar-refractivity contribution < 1.29 is 4.39 Å². The maximum absolute atomic E-state index is 13.9. The van der Waals surface area contributed by atoms with Crippen LogP contribution in [0.2, 0.25) is 0 Å². The summed E-state index contributed by atoms with van der Waals surface area (Å²) in [6.07, 6.45) is 5.25. The second kappa shape index (κ2) is 4.82. The number of benzene rings is 1. The summed E-state index contributed by atoms with van der Waals surface area (Å²) in [7, 11) is 0. The number of hydrogen-bond donors (Lipinski definition) is 1. The van der Waals surface area contributed by atoms with Crippen LogP contribution in [-0.2, 0) is 6.42 Å². The average Bonchev–Trinajstić information content (AvgIpc) is 2.84. The molecule has 0 radical (unpaired) electrons. The molecule has 0 spiro atoms. The van der Waals surface area contributed by atoms with Gasteiger partial charge >= 0.3 is 0 Å². The molecule has 0 saturated carbocycles. The van der Waals surface area contributed by atoms with E-state index >= 15 is 0 Å². The Morgan fingerprint density at radius 3 is 2.89 bits per heavy atom. The van der Waals surface area contributed by atoms with Crippen LogP contribution in [0.5, 0.6) is 0 Å². The normalized spacial score (nSPS) is 20.1. The molecule has 1 aliphatic rings. The molecule has 0 amide bonds. The summed E-state index contributed by atoms with van der Waals surface area (Å²) in [6.45, 7) is 2.04. The Kier molecular flexibility index (Phi) is 3.15. The highest BCUT2D eigenvalue weighted by Gasteiger charge is 2.23. The van der Waals surface area contributed by atoms with Crippen molar-refractivity contribution in [2.45, 2.75) is 38.3 Å². The zero-order valence-corrected chi connectivity index (χ0v) is 11.1. The van der Waals surface area contributed by atoms with Gasteiger partial charge in [0.25, 0.3) is 0 Å². The van der Waals surface area contributed by atoms with Gasteiger partial charge in [-0.3, -0.25) is 0 Å². The second-order valence-corrected chi connectivity index (χ2v) is 5.32. The molecular formula is C16H19FN2. The number of nitrogens with two attached hydrogens (primary N) is 1. The molecule has 1 aromatic heterocycles. The van der Waals surface area contributed by atoms with E-state index in [1.807, 2.05) is 25.3 Å². The van der Waals surface area contributed by atoms with Crippen molar-refractivity contribution in [1.82, 2.24) is 4.57 Å². The largest absolute Gasteiger partial charge is 0.344 e. The Balaban J connectivity index is 2.01. The first-order chi connectivity index (χ1) is 9.18. The number of rotatable bonds is 2. The molecule has 2 unspecified atom stereocenters. The molecule has 3 rings (SSSR count). The molecule has 2 atom stereocenters. The zero-order chi connectivity index (χ0) is 13.4. The Bertz CT molecular complexity index is 588. The molecule has 0 saturated heterocycles. The molecule has 2 aromatic rings. The molecule has 1 heterocycles. The summed E-state index contributed by atoms with van der Waals surface area (Å²) in [6, 6.07) is 9.23. The fourth-order valence-electron chi connectivity index (χ4n) is 3.08. The van der Waals surface area contributed by atoms with Crippen LogP contribution in [0.3, 0.4) is 0 Å². The maximum atomic E-state index is 13.9. The Morgan fingerprint density at radius 2 is 2.11 bits per heavy atom. The summed E-state index contributed by atoms with van der Waals surface area (Å²) in [5.41, 5.74) is 9.38. The van der Waals surface area contributed by atoms with Gasteiger partial charge in [-0.2, -0.15) is 0 Å². The number of halogens is 1. The molecule has 2 nitrogen and oxygen atoms in total. The Labute approximate surface area is 113 Å². The molecule has 1 aliphatic carbocycles. The quantitative estimate of drug-likeness (QED) is 0.877. The highest BCUT2D eigenvalue weighted by Crippen LogP contribution is 2.32. The van der Waals surface area contributed by atoms with Crippen LogP contribution in [0.1, 0.15) is 48.7 Å². The van der Waals surface area contributed by atoms with Gasteiger partial charge in [-0.15, -0.1) is 0 Å². The lowest BCUT2D eigenvalue weighted by Gasteiger charge is -2.24. The predicted molar refractivity (Wildman–Crippen MR) is 74.5 cm³/mol. The number of nitrogens with zero attached hydrogens (tertiary/aromatic N) is 1. The first-order valence-corrected chi connectivity index (χ1v) is 6.88. The standard InChI is InChI=1S/C16H19FN2/c1-11(12-5-2-3-6-14(12)17)19-10-9-13-15(18)7-4-8-16(13)19/h2-3,5-6,9-11,15H,4,7-8,18H2,1H3. The Morgan fingerprint density at radius 1 is 1.32 bits per heavy atom. The van der Waals surface area contributed by atoms with Gasteiger partial charge in [0.2, 0.25) is 0 Å². The lowest BCUT2D eigenvalue weighted by molar-refractivity contribution is 0.510. The van der Waals surface area contributed by atoms with Gasteiger partial charge in [-0.25, -0.2) is 4.39 Å². The fourth-order valence-corrected chi connectivity index (χ4v) is 3.08. The van der Waals surface area contributed by atoms with Gasteiger partial charge in [-0.05, 0) is 43.9 Å². The van der Waals surface area contributed by atoms with Crippen LogP contribution in [0, 0.1) is 5.82 Å². The molecule has 0 aliphatic heterocycles. The second-order valence-electron chi connectivity index (χ2n) is 5.32. The number of aromatic nitrogens is 1. The van der Waals surface area contributed by atoms with E-state index in [-0.39, 0.29) is 17.9 Å².